The highest BCUT2D eigenvalue weighted by Crippen LogP contribution is 2.35. The summed E-state index contributed by atoms with van der Waals surface area (Å²) in [6, 6.07) is 1.74. The summed E-state index contributed by atoms with van der Waals surface area (Å²) >= 11 is 0. The first-order valence-corrected chi connectivity index (χ1v) is 8.85. The van der Waals surface area contributed by atoms with Crippen LogP contribution >= 0.6 is 0 Å². The molecule has 1 fully saturated rings. The van der Waals surface area contributed by atoms with E-state index in [4.69, 9.17) is 0 Å². The summed E-state index contributed by atoms with van der Waals surface area (Å²) in [6.45, 7) is 2.31. The predicted molar refractivity (Wildman–Crippen MR) is 81.6 cm³/mol. The molecule has 1 aliphatic rings. The molecule has 0 radical (unpaired) electrons. The number of hydrogen-bond acceptors (Lipinski definition) is 4. The zero-order valence-electron chi connectivity index (χ0n) is 13.1. The van der Waals surface area contributed by atoms with E-state index in [1.54, 1.807) is 33.8 Å². The van der Waals surface area contributed by atoms with Crippen molar-refractivity contribution in [2.45, 2.75) is 37.1 Å². The lowest BCUT2D eigenvalue weighted by Crippen LogP contribution is -2.39. The molecule has 8 heteroatoms. The number of sulfonamides is 1. The smallest absolute Gasteiger partial charge is 0.247 e. The average molecular weight is 323 g/mol. The van der Waals surface area contributed by atoms with Crippen molar-refractivity contribution in [2.24, 2.45) is 14.1 Å². The van der Waals surface area contributed by atoms with Crippen LogP contribution < -0.4 is 0 Å². The van der Waals surface area contributed by atoms with Gasteiger partial charge in [-0.2, -0.15) is 14.5 Å². The van der Waals surface area contributed by atoms with Gasteiger partial charge in [0.05, 0.1) is 23.6 Å². The van der Waals surface area contributed by atoms with Crippen LogP contribution in [0.25, 0.3) is 0 Å². The Bertz CT molecular complexity index is 777. The molecule has 120 valence electrons. The van der Waals surface area contributed by atoms with Gasteiger partial charge >= 0.3 is 0 Å². The summed E-state index contributed by atoms with van der Waals surface area (Å²) in [6.07, 6.45) is 5.88. The van der Waals surface area contributed by atoms with Crippen molar-refractivity contribution in [1.29, 1.82) is 0 Å². The number of aromatic nitrogens is 4. The molecule has 22 heavy (non-hydrogen) atoms. The third-order valence-electron chi connectivity index (χ3n) is 4.43. The molecule has 1 aliphatic heterocycles. The molecule has 3 rings (SSSR count). The highest BCUT2D eigenvalue weighted by Gasteiger charge is 2.37. The molecular formula is C14H21N5O2S. The Balaban J connectivity index is 2.04. The van der Waals surface area contributed by atoms with Crippen molar-refractivity contribution in [3.8, 4) is 0 Å². The van der Waals surface area contributed by atoms with Gasteiger partial charge in [-0.1, -0.05) is 6.42 Å². The Kier molecular flexibility index (Phi) is 3.82. The fourth-order valence-corrected chi connectivity index (χ4v) is 4.91. The Hall–Kier alpha value is -1.67. The second kappa shape index (κ2) is 5.51. The highest BCUT2D eigenvalue weighted by atomic mass is 32.2. The SMILES string of the molecule is Cc1c(S(=O)(=O)N2CCCCC2c2ccnn2C)cnn1C. The molecule has 2 aromatic rings. The van der Waals surface area contributed by atoms with Gasteiger partial charge in [0, 0.05) is 26.8 Å². The quantitative estimate of drug-likeness (QED) is 0.855. The molecule has 1 unspecified atom stereocenters. The third-order valence-corrected chi connectivity index (χ3v) is 6.44. The van der Waals surface area contributed by atoms with E-state index in [0.717, 1.165) is 25.0 Å². The first kappa shape index (κ1) is 15.2. The van der Waals surface area contributed by atoms with Crippen LogP contribution in [0.15, 0.2) is 23.4 Å². The molecule has 0 bridgehead atoms. The van der Waals surface area contributed by atoms with Crippen molar-refractivity contribution in [2.75, 3.05) is 6.54 Å². The second-order valence-corrected chi connectivity index (χ2v) is 7.58. The van der Waals surface area contributed by atoms with Gasteiger partial charge in [0.2, 0.25) is 10.0 Å². The minimum atomic E-state index is -3.55. The average Bonchev–Trinajstić information content (AvgIpc) is 3.06. The van der Waals surface area contributed by atoms with Gasteiger partial charge in [0.15, 0.2) is 0 Å². The number of piperidine rings is 1. The summed E-state index contributed by atoms with van der Waals surface area (Å²) in [4.78, 5) is 0.295. The van der Waals surface area contributed by atoms with E-state index in [2.05, 4.69) is 10.2 Å². The van der Waals surface area contributed by atoms with Gasteiger partial charge in [-0.15, -0.1) is 0 Å². The maximum atomic E-state index is 13.1. The van der Waals surface area contributed by atoms with E-state index in [1.165, 1.54) is 6.20 Å². The predicted octanol–water partition coefficient (Wildman–Crippen LogP) is 1.38. The van der Waals surface area contributed by atoms with Gasteiger partial charge < -0.3 is 0 Å². The number of hydrogen-bond donors (Lipinski definition) is 0. The minimum absolute atomic E-state index is 0.161. The third kappa shape index (κ3) is 2.36. The van der Waals surface area contributed by atoms with Gasteiger partial charge in [0.25, 0.3) is 0 Å². The standard InChI is InChI=1S/C14H21N5O2S/c1-11-14(10-16-17(11)2)22(20,21)19-9-5-4-6-13(19)12-7-8-15-18(12)3/h7-8,10,13H,4-6,9H2,1-3H3. The van der Waals surface area contributed by atoms with E-state index in [0.29, 0.717) is 17.1 Å². The van der Waals surface area contributed by atoms with Crippen molar-refractivity contribution in [3.05, 3.63) is 29.8 Å². The fourth-order valence-electron chi connectivity index (χ4n) is 3.06. The molecule has 0 N–H and O–H groups in total. The van der Waals surface area contributed by atoms with E-state index >= 15 is 0 Å². The van der Waals surface area contributed by atoms with Crippen molar-refractivity contribution in [3.63, 3.8) is 0 Å². The van der Waals surface area contributed by atoms with E-state index in [1.807, 2.05) is 13.1 Å². The Morgan fingerprint density at radius 2 is 1.95 bits per heavy atom. The van der Waals surface area contributed by atoms with Gasteiger partial charge in [-0.25, -0.2) is 8.42 Å². The van der Waals surface area contributed by atoms with Crippen molar-refractivity contribution >= 4 is 10.0 Å². The molecule has 1 saturated heterocycles. The molecule has 0 aromatic carbocycles. The summed E-state index contributed by atoms with van der Waals surface area (Å²) in [5.41, 5.74) is 1.60. The lowest BCUT2D eigenvalue weighted by molar-refractivity contribution is 0.246. The van der Waals surface area contributed by atoms with Crippen LogP contribution in [-0.4, -0.2) is 38.8 Å². The Morgan fingerprint density at radius 1 is 1.18 bits per heavy atom. The minimum Gasteiger partial charge on any atom is -0.272 e. The highest BCUT2D eigenvalue weighted by molar-refractivity contribution is 7.89. The Morgan fingerprint density at radius 3 is 2.55 bits per heavy atom. The fraction of sp³-hybridized carbons (Fsp3) is 0.571. The van der Waals surface area contributed by atoms with Gasteiger partial charge in [0.1, 0.15) is 4.90 Å². The monoisotopic (exact) mass is 323 g/mol. The summed E-state index contributed by atoms with van der Waals surface area (Å²) < 4.78 is 31.1. The summed E-state index contributed by atoms with van der Waals surface area (Å²) in [5.74, 6) is 0. The number of aryl methyl sites for hydroxylation is 2. The van der Waals surface area contributed by atoms with Crippen LogP contribution in [0.5, 0.6) is 0 Å². The largest absolute Gasteiger partial charge is 0.272 e. The summed E-state index contributed by atoms with van der Waals surface area (Å²) in [7, 11) is 0.0494. The number of rotatable bonds is 3. The lowest BCUT2D eigenvalue weighted by atomic mass is 10.0. The number of nitrogens with zero attached hydrogens (tertiary/aromatic N) is 5. The topological polar surface area (TPSA) is 73.0 Å². The van der Waals surface area contributed by atoms with E-state index in [9.17, 15) is 8.42 Å². The van der Waals surface area contributed by atoms with Crippen LogP contribution in [0.4, 0.5) is 0 Å². The molecule has 1 atom stereocenters. The molecule has 7 nitrogen and oxygen atoms in total. The van der Waals surface area contributed by atoms with Crippen LogP contribution in [0.3, 0.4) is 0 Å². The van der Waals surface area contributed by atoms with Gasteiger partial charge in [-0.3, -0.25) is 9.36 Å². The van der Waals surface area contributed by atoms with E-state index < -0.39 is 10.0 Å². The first-order chi connectivity index (χ1) is 10.4. The van der Waals surface area contributed by atoms with E-state index in [-0.39, 0.29) is 6.04 Å². The Labute approximate surface area is 130 Å². The molecule has 3 heterocycles. The molecule has 2 aromatic heterocycles. The molecule has 0 saturated carbocycles. The van der Waals surface area contributed by atoms with Crippen molar-refractivity contribution in [1.82, 2.24) is 23.9 Å². The van der Waals surface area contributed by atoms with Crippen LogP contribution in [0.2, 0.25) is 0 Å². The second-order valence-electron chi connectivity index (χ2n) is 5.72. The lowest BCUT2D eigenvalue weighted by Gasteiger charge is -2.34. The van der Waals surface area contributed by atoms with Crippen LogP contribution in [-0.2, 0) is 24.1 Å². The van der Waals surface area contributed by atoms with Crippen molar-refractivity contribution < 1.29 is 8.42 Å². The maximum absolute atomic E-state index is 13.1. The van der Waals surface area contributed by atoms with Crippen LogP contribution in [0, 0.1) is 6.92 Å². The molecule has 0 amide bonds. The van der Waals surface area contributed by atoms with Gasteiger partial charge in [-0.05, 0) is 25.8 Å². The maximum Gasteiger partial charge on any atom is 0.247 e. The molecular weight excluding hydrogens is 302 g/mol. The molecule has 0 aliphatic carbocycles. The zero-order valence-corrected chi connectivity index (χ0v) is 13.9. The first-order valence-electron chi connectivity index (χ1n) is 7.41. The van der Waals surface area contributed by atoms with Crippen LogP contribution in [0.1, 0.15) is 36.7 Å². The zero-order chi connectivity index (χ0) is 15.9. The summed E-state index contributed by atoms with van der Waals surface area (Å²) in [5, 5.41) is 8.26. The normalized spacial score (nSPS) is 20.4. The molecule has 0 spiro atoms.